The largest absolute Gasteiger partial charge is 0.491 e. The molecule has 0 N–H and O–H groups in total. The second-order valence-electron chi connectivity index (χ2n) is 8.44. The van der Waals surface area contributed by atoms with Gasteiger partial charge in [0.25, 0.3) is 5.91 Å². The Kier molecular flexibility index (Phi) is 6.94. The van der Waals surface area contributed by atoms with Crippen molar-refractivity contribution in [3.8, 4) is 0 Å². The summed E-state index contributed by atoms with van der Waals surface area (Å²) >= 11 is 0. The summed E-state index contributed by atoms with van der Waals surface area (Å²) in [4.78, 5) is 36.0. The number of hydrogen-bond acceptors (Lipinski definition) is 6. The zero-order chi connectivity index (χ0) is 21.6. The van der Waals surface area contributed by atoms with Crippen molar-refractivity contribution in [2.45, 2.75) is 32.6 Å². The first-order chi connectivity index (χ1) is 15.1. The van der Waals surface area contributed by atoms with Gasteiger partial charge in [0.15, 0.2) is 0 Å². The molecule has 0 aliphatic carbocycles. The van der Waals surface area contributed by atoms with Gasteiger partial charge < -0.3 is 24.2 Å². The van der Waals surface area contributed by atoms with E-state index in [1.54, 1.807) is 13.1 Å². The number of carbonyl (C=O) groups is 2. The van der Waals surface area contributed by atoms with Gasteiger partial charge in [-0.2, -0.15) is 0 Å². The molecule has 2 fully saturated rings. The Morgan fingerprint density at radius 3 is 2.61 bits per heavy atom. The molecule has 3 aliphatic rings. The molecule has 1 aromatic heterocycles. The van der Waals surface area contributed by atoms with Gasteiger partial charge in [0.05, 0.1) is 0 Å². The van der Waals surface area contributed by atoms with Crippen molar-refractivity contribution >= 4 is 17.6 Å². The molecule has 0 radical (unpaired) electrons. The van der Waals surface area contributed by atoms with Gasteiger partial charge in [-0.3, -0.25) is 9.59 Å². The maximum atomic E-state index is 12.8. The number of amides is 2. The summed E-state index contributed by atoms with van der Waals surface area (Å²) < 4.78 is 11.0. The number of aromatic nitrogens is 1. The third kappa shape index (κ3) is 5.29. The van der Waals surface area contributed by atoms with E-state index in [-0.39, 0.29) is 11.8 Å². The van der Waals surface area contributed by atoms with Crippen LogP contribution in [0.1, 0.15) is 32.6 Å². The van der Waals surface area contributed by atoms with Crippen LogP contribution in [0.15, 0.2) is 35.9 Å². The first kappa shape index (κ1) is 21.5. The van der Waals surface area contributed by atoms with E-state index in [1.165, 1.54) is 0 Å². The number of hydrogen-bond donors (Lipinski definition) is 0. The summed E-state index contributed by atoms with van der Waals surface area (Å²) in [6.45, 7) is 7.18. The normalized spacial score (nSPS) is 22.1. The van der Waals surface area contributed by atoms with Crippen LogP contribution < -0.4 is 4.90 Å². The molecule has 1 atom stereocenters. The van der Waals surface area contributed by atoms with Crippen LogP contribution in [-0.4, -0.2) is 79.1 Å². The van der Waals surface area contributed by atoms with E-state index >= 15 is 0 Å². The first-order valence-corrected chi connectivity index (χ1v) is 11.3. The molecule has 1 aromatic rings. The fourth-order valence-electron chi connectivity index (χ4n) is 4.56. The van der Waals surface area contributed by atoms with Gasteiger partial charge in [0.2, 0.25) is 11.7 Å². The van der Waals surface area contributed by atoms with Crippen molar-refractivity contribution in [2.75, 3.05) is 57.4 Å². The highest BCUT2D eigenvalue weighted by atomic mass is 16.6. The fraction of sp³-hybridized carbons (Fsp3) is 0.609. The number of carbonyl (C=O) groups excluding carboxylic acids is 2. The summed E-state index contributed by atoms with van der Waals surface area (Å²) in [6.07, 6.45) is 5.17. The second kappa shape index (κ2) is 10.0. The number of pyridine rings is 1. The van der Waals surface area contributed by atoms with E-state index < -0.39 is 0 Å². The van der Waals surface area contributed by atoms with Gasteiger partial charge in [-0.05, 0) is 44.2 Å². The molecule has 8 heteroatoms. The lowest BCUT2D eigenvalue weighted by molar-refractivity contribution is -0.134. The van der Waals surface area contributed by atoms with E-state index in [0.29, 0.717) is 43.6 Å². The van der Waals surface area contributed by atoms with Crippen LogP contribution in [0, 0.1) is 5.92 Å². The SMILES string of the molecule is CC1=C(C(=O)N2CCC[C@H](CCC(=O)N3CCN(c4ccccn4)CC3)C2)OCCO1. The number of piperidine rings is 1. The van der Waals surface area contributed by atoms with Crippen molar-refractivity contribution in [3.05, 3.63) is 35.9 Å². The van der Waals surface area contributed by atoms with Crippen LogP contribution in [0.25, 0.3) is 0 Å². The molecule has 0 bridgehead atoms. The molecule has 3 aliphatic heterocycles. The topological polar surface area (TPSA) is 75.2 Å². The van der Waals surface area contributed by atoms with Gasteiger partial charge in [0, 0.05) is 51.9 Å². The smallest absolute Gasteiger partial charge is 0.292 e. The van der Waals surface area contributed by atoms with E-state index in [9.17, 15) is 9.59 Å². The molecular weight excluding hydrogens is 396 g/mol. The number of ether oxygens (including phenoxy) is 2. The fourth-order valence-corrected chi connectivity index (χ4v) is 4.56. The standard InChI is InChI=1S/C23H32N4O4/c1-18-22(31-16-15-30-18)23(29)27-10-4-5-19(17-27)7-8-21(28)26-13-11-25(12-14-26)20-6-2-3-9-24-20/h2-3,6,9,19H,4-5,7-8,10-17H2,1H3/t19-/m1/s1. The Balaban J connectivity index is 1.23. The number of likely N-dealkylation sites (tertiary alicyclic amines) is 1. The van der Waals surface area contributed by atoms with Crippen LogP contribution in [0.5, 0.6) is 0 Å². The third-order valence-electron chi connectivity index (χ3n) is 6.34. The first-order valence-electron chi connectivity index (χ1n) is 11.3. The predicted molar refractivity (Wildman–Crippen MR) is 116 cm³/mol. The molecule has 31 heavy (non-hydrogen) atoms. The minimum absolute atomic E-state index is 0.0844. The third-order valence-corrected chi connectivity index (χ3v) is 6.34. The monoisotopic (exact) mass is 428 g/mol. The average Bonchev–Trinajstić information content (AvgIpc) is 2.83. The highest BCUT2D eigenvalue weighted by Crippen LogP contribution is 2.25. The highest BCUT2D eigenvalue weighted by Gasteiger charge is 2.30. The molecule has 4 rings (SSSR count). The molecular formula is C23H32N4O4. The summed E-state index contributed by atoms with van der Waals surface area (Å²) in [6, 6.07) is 5.91. The maximum absolute atomic E-state index is 12.8. The molecule has 0 aromatic carbocycles. The molecule has 0 unspecified atom stereocenters. The van der Waals surface area contributed by atoms with Crippen LogP contribution in [-0.2, 0) is 19.1 Å². The van der Waals surface area contributed by atoms with Crippen LogP contribution in [0.3, 0.4) is 0 Å². The summed E-state index contributed by atoms with van der Waals surface area (Å²) in [5.41, 5.74) is 0. The van der Waals surface area contributed by atoms with Crippen LogP contribution >= 0.6 is 0 Å². The van der Waals surface area contributed by atoms with Gasteiger partial charge in [-0.15, -0.1) is 0 Å². The van der Waals surface area contributed by atoms with Crippen LogP contribution in [0.4, 0.5) is 5.82 Å². The molecule has 2 amide bonds. The number of nitrogens with zero attached hydrogens (tertiary/aromatic N) is 4. The summed E-state index contributed by atoms with van der Waals surface area (Å²) in [7, 11) is 0. The Morgan fingerprint density at radius 1 is 1.06 bits per heavy atom. The lowest BCUT2D eigenvalue weighted by atomic mass is 9.93. The minimum Gasteiger partial charge on any atom is -0.491 e. The Labute approximate surface area is 183 Å². The number of anilines is 1. The number of rotatable bonds is 5. The lowest BCUT2D eigenvalue weighted by Crippen LogP contribution is -2.49. The molecule has 8 nitrogen and oxygen atoms in total. The van der Waals surface area contributed by atoms with Gasteiger partial charge >= 0.3 is 0 Å². The molecule has 0 saturated carbocycles. The van der Waals surface area contributed by atoms with E-state index in [2.05, 4.69) is 9.88 Å². The van der Waals surface area contributed by atoms with Crippen molar-refractivity contribution < 1.29 is 19.1 Å². The van der Waals surface area contributed by atoms with Crippen molar-refractivity contribution in [1.82, 2.24) is 14.8 Å². The predicted octanol–water partition coefficient (Wildman–Crippen LogP) is 2.03. The van der Waals surface area contributed by atoms with E-state index in [0.717, 1.165) is 57.8 Å². The van der Waals surface area contributed by atoms with Crippen molar-refractivity contribution in [3.63, 3.8) is 0 Å². The average molecular weight is 429 g/mol. The highest BCUT2D eigenvalue weighted by molar-refractivity contribution is 5.92. The number of allylic oxidation sites excluding steroid dienone is 1. The quantitative estimate of drug-likeness (QED) is 0.714. The van der Waals surface area contributed by atoms with E-state index in [4.69, 9.17) is 9.47 Å². The molecule has 0 spiro atoms. The van der Waals surface area contributed by atoms with Gasteiger partial charge in [-0.25, -0.2) is 4.98 Å². The van der Waals surface area contributed by atoms with E-state index in [1.807, 2.05) is 28.0 Å². The molecule has 4 heterocycles. The summed E-state index contributed by atoms with van der Waals surface area (Å²) in [5.74, 6) is 2.36. The van der Waals surface area contributed by atoms with Gasteiger partial charge in [0.1, 0.15) is 24.8 Å². The zero-order valence-corrected chi connectivity index (χ0v) is 18.3. The van der Waals surface area contributed by atoms with Gasteiger partial charge in [-0.1, -0.05) is 6.07 Å². The van der Waals surface area contributed by atoms with Crippen molar-refractivity contribution in [2.24, 2.45) is 5.92 Å². The zero-order valence-electron chi connectivity index (χ0n) is 18.3. The Bertz CT molecular complexity index is 805. The maximum Gasteiger partial charge on any atom is 0.292 e. The lowest BCUT2D eigenvalue weighted by Gasteiger charge is -2.36. The molecule has 2 saturated heterocycles. The van der Waals surface area contributed by atoms with Crippen molar-refractivity contribution in [1.29, 1.82) is 0 Å². The van der Waals surface area contributed by atoms with Crippen LogP contribution in [0.2, 0.25) is 0 Å². The number of piperazine rings is 1. The second-order valence-corrected chi connectivity index (χ2v) is 8.44. The Hall–Kier alpha value is -2.77. The molecule has 168 valence electrons. The summed E-state index contributed by atoms with van der Waals surface area (Å²) in [5, 5.41) is 0. The minimum atomic E-state index is -0.0844. The Morgan fingerprint density at radius 2 is 1.87 bits per heavy atom.